The number of nitrogens with two attached hydrogens (primary N) is 1. The molecule has 0 radical (unpaired) electrons. The van der Waals surface area contributed by atoms with Gasteiger partial charge >= 0.3 is 0 Å². The van der Waals surface area contributed by atoms with Crippen LogP contribution in [-0.2, 0) is 23.1 Å². The van der Waals surface area contributed by atoms with Crippen LogP contribution in [0.25, 0.3) is 0 Å². The number of halogens is 2. The molecule has 20 heavy (non-hydrogen) atoms. The minimum Gasteiger partial charge on any atom is -0.326 e. The van der Waals surface area contributed by atoms with Gasteiger partial charge in [0.25, 0.3) is 0 Å². The molecule has 0 aliphatic rings. The van der Waals surface area contributed by atoms with Crippen LogP contribution in [0, 0.1) is 5.82 Å². The SMILES string of the molecule is NCc1cc(S(=O)(=O)NCc2ncn[nH]2)cc(F)c1Cl. The summed E-state index contributed by atoms with van der Waals surface area (Å²) in [5.74, 6) is -0.503. The van der Waals surface area contributed by atoms with Gasteiger partial charge in [0.1, 0.15) is 18.0 Å². The molecule has 0 saturated heterocycles. The molecule has 10 heteroatoms. The summed E-state index contributed by atoms with van der Waals surface area (Å²) in [4.78, 5) is 3.52. The van der Waals surface area contributed by atoms with E-state index in [0.717, 1.165) is 6.07 Å². The summed E-state index contributed by atoms with van der Waals surface area (Å²) in [6.07, 6.45) is 1.25. The molecule has 0 bridgehead atoms. The van der Waals surface area contributed by atoms with Crippen molar-refractivity contribution in [2.45, 2.75) is 18.0 Å². The first kappa shape index (κ1) is 14.9. The quantitative estimate of drug-likeness (QED) is 0.744. The lowest BCUT2D eigenvalue weighted by Crippen LogP contribution is -2.24. The van der Waals surface area contributed by atoms with Gasteiger partial charge in [-0.2, -0.15) is 5.10 Å². The van der Waals surface area contributed by atoms with Gasteiger partial charge in [0, 0.05) is 6.54 Å². The zero-order valence-electron chi connectivity index (χ0n) is 10.1. The number of H-pyrrole nitrogens is 1. The van der Waals surface area contributed by atoms with Gasteiger partial charge in [-0.05, 0) is 17.7 Å². The summed E-state index contributed by atoms with van der Waals surface area (Å²) in [7, 11) is -3.90. The van der Waals surface area contributed by atoms with E-state index in [1.807, 2.05) is 0 Å². The highest BCUT2D eigenvalue weighted by Gasteiger charge is 2.18. The molecule has 2 aromatic rings. The standard InChI is InChI=1S/C10H11ClFN5O2S/c11-10-6(3-13)1-7(2-8(10)12)20(18,19)16-4-9-14-5-15-17-9/h1-2,5,16H,3-4,13H2,(H,14,15,17). The number of hydrogen-bond acceptors (Lipinski definition) is 5. The van der Waals surface area contributed by atoms with Gasteiger partial charge in [-0.25, -0.2) is 22.5 Å². The lowest BCUT2D eigenvalue weighted by atomic mass is 10.2. The second-order valence-electron chi connectivity index (χ2n) is 3.84. The van der Waals surface area contributed by atoms with E-state index in [4.69, 9.17) is 17.3 Å². The molecule has 0 unspecified atom stereocenters. The monoisotopic (exact) mass is 319 g/mol. The zero-order valence-corrected chi connectivity index (χ0v) is 11.7. The van der Waals surface area contributed by atoms with E-state index in [-0.39, 0.29) is 28.6 Å². The van der Waals surface area contributed by atoms with Crippen LogP contribution in [0.3, 0.4) is 0 Å². The summed E-state index contributed by atoms with van der Waals surface area (Å²) in [6.45, 7) is -0.161. The fourth-order valence-electron chi connectivity index (χ4n) is 1.48. The molecule has 108 valence electrons. The molecule has 0 atom stereocenters. The van der Waals surface area contributed by atoms with Crippen molar-refractivity contribution < 1.29 is 12.8 Å². The van der Waals surface area contributed by atoms with E-state index in [1.54, 1.807) is 0 Å². The van der Waals surface area contributed by atoms with Gasteiger partial charge in [-0.15, -0.1) is 0 Å². The van der Waals surface area contributed by atoms with Crippen molar-refractivity contribution in [2.24, 2.45) is 5.73 Å². The first-order chi connectivity index (χ1) is 9.44. The van der Waals surface area contributed by atoms with Gasteiger partial charge in [0.2, 0.25) is 10.0 Å². The van der Waals surface area contributed by atoms with Gasteiger partial charge in [0.05, 0.1) is 16.5 Å². The normalized spacial score (nSPS) is 11.8. The number of aromatic amines is 1. The van der Waals surface area contributed by atoms with Crippen molar-refractivity contribution in [1.29, 1.82) is 0 Å². The summed E-state index contributed by atoms with van der Waals surface area (Å²) < 4.78 is 39.9. The zero-order chi connectivity index (χ0) is 14.8. The highest BCUT2D eigenvalue weighted by atomic mass is 35.5. The number of nitrogens with one attached hydrogen (secondary N) is 2. The first-order valence-corrected chi connectivity index (χ1v) is 7.32. The minimum atomic E-state index is -3.90. The Morgan fingerprint density at radius 3 is 2.80 bits per heavy atom. The Hall–Kier alpha value is -1.55. The third-order valence-corrected chi connectivity index (χ3v) is 4.31. The number of hydrogen-bond donors (Lipinski definition) is 3. The van der Waals surface area contributed by atoms with Gasteiger partial charge in [-0.3, -0.25) is 5.10 Å². The van der Waals surface area contributed by atoms with Crippen LogP contribution >= 0.6 is 11.6 Å². The van der Waals surface area contributed by atoms with E-state index in [1.165, 1.54) is 12.4 Å². The first-order valence-electron chi connectivity index (χ1n) is 5.46. The predicted octanol–water partition coefficient (Wildman–Crippen LogP) is 0.534. The number of sulfonamides is 1. The Bertz CT molecular complexity index is 705. The van der Waals surface area contributed by atoms with E-state index >= 15 is 0 Å². The average molecular weight is 320 g/mol. The molecular weight excluding hydrogens is 309 g/mol. The number of benzene rings is 1. The molecule has 0 spiro atoms. The highest BCUT2D eigenvalue weighted by Crippen LogP contribution is 2.24. The van der Waals surface area contributed by atoms with Gasteiger partial charge in [0.15, 0.2) is 0 Å². The van der Waals surface area contributed by atoms with Crippen molar-refractivity contribution in [3.05, 3.63) is 40.7 Å². The molecule has 7 nitrogen and oxygen atoms in total. The summed E-state index contributed by atoms with van der Waals surface area (Å²) in [6, 6.07) is 2.07. The van der Waals surface area contributed by atoms with Crippen LogP contribution in [0.15, 0.2) is 23.4 Å². The molecule has 0 amide bonds. The third-order valence-electron chi connectivity index (χ3n) is 2.50. The van der Waals surface area contributed by atoms with E-state index in [2.05, 4.69) is 19.9 Å². The van der Waals surface area contributed by atoms with Crippen molar-refractivity contribution in [2.75, 3.05) is 0 Å². The lowest BCUT2D eigenvalue weighted by molar-refractivity contribution is 0.575. The maximum Gasteiger partial charge on any atom is 0.241 e. The Morgan fingerprint density at radius 2 is 2.20 bits per heavy atom. The largest absolute Gasteiger partial charge is 0.326 e. The molecule has 1 aromatic heterocycles. The number of aromatic nitrogens is 3. The van der Waals surface area contributed by atoms with E-state index in [0.29, 0.717) is 5.82 Å². The number of nitrogens with zero attached hydrogens (tertiary/aromatic N) is 2. The second kappa shape index (κ2) is 5.83. The molecule has 0 aliphatic carbocycles. The van der Waals surface area contributed by atoms with Crippen LogP contribution in [0.5, 0.6) is 0 Å². The molecule has 1 aromatic carbocycles. The lowest BCUT2D eigenvalue weighted by Gasteiger charge is -2.09. The van der Waals surface area contributed by atoms with Crippen LogP contribution in [0.1, 0.15) is 11.4 Å². The van der Waals surface area contributed by atoms with Crippen LogP contribution in [0.4, 0.5) is 4.39 Å². The van der Waals surface area contributed by atoms with Gasteiger partial charge in [-0.1, -0.05) is 11.6 Å². The topological polar surface area (TPSA) is 114 Å². The molecular formula is C10H11ClFN5O2S. The molecule has 2 rings (SSSR count). The van der Waals surface area contributed by atoms with Crippen LogP contribution in [-0.4, -0.2) is 23.6 Å². The van der Waals surface area contributed by atoms with Crippen LogP contribution < -0.4 is 10.5 Å². The fourth-order valence-corrected chi connectivity index (χ4v) is 2.72. The van der Waals surface area contributed by atoms with Gasteiger partial charge < -0.3 is 5.73 Å². The van der Waals surface area contributed by atoms with Crippen molar-refractivity contribution >= 4 is 21.6 Å². The predicted molar refractivity (Wildman–Crippen MR) is 69.7 cm³/mol. The van der Waals surface area contributed by atoms with Crippen molar-refractivity contribution in [1.82, 2.24) is 19.9 Å². The molecule has 4 N–H and O–H groups in total. The second-order valence-corrected chi connectivity index (χ2v) is 5.98. The Labute approximate surface area is 119 Å². The van der Waals surface area contributed by atoms with E-state index < -0.39 is 15.8 Å². The average Bonchev–Trinajstić information content (AvgIpc) is 2.92. The van der Waals surface area contributed by atoms with Crippen molar-refractivity contribution in [3.8, 4) is 0 Å². The maximum absolute atomic E-state index is 13.6. The summed E-state index contributed by atoms with van der Waals surface area (Å²) >= 11 is 5.68. The molecule has 1 heterocycles. The number of rotatable bonds is 5. The Morgan fingerprint density at radius 1 is 1.45 bits per heavy atom. The highest BCUT2D eigenvalue weighted by molar-refractivity contribution is 7.89. The van der Waals surface area contributed by atoms with Crippen LogP contribution in [0.2, 0.25) is 5.02 Å². The molecule has 0 aliphatic heterocycles. The summed E-state index contributed by atoms with van der Waals surface area (Å²) in [5, 5.41) is 5.91. The minimum absolute atomic E-state index is 0.0682. The Balaban J connectivity index is 2.27. The van der Waals surface area contributed by atoms with E-state index in [9.17, 15) is 12.8 Å². The maximum atomic E-state index is 13.6. The Kier molecular flexibility index (Phi) is 4.33. The smallest absolute Gasteiger partial charge is 0.241 e. The van der Waals surface area contributed by atoms with Crippen molar-refractivity contribution in [3.63, 3.8) is 0 Å². The summed E-state index contributed by atoms with van der Waals surface area (Å²) in [5.41, 5.74) is 5.61. The third kappa shape index (κ3) is 3.12. The molecule has 0 saturated carbocycles. The fraction of sp³-hybridized carbons (Fsp3) is 0.200. The molecule has 0 fully saturated rings.